The number of para-hydroxylation sites is 1. The Kier molecular flexibility index (Phi) is 2.96. The molecule has 0 bridgehead atoms. The SMILES string of the molecule is [2H]c1c([2H])c([2H])c2c(-c3cccc4oc5ccccc5c34)c3c([2H])c([2H])c([2H])c([2H])c3c(-c3ccc4ccccc4c3)c2c1[2H]. The molecular weight excluding hydrogens is 448 g/mol. The molecule has 0 saturated heterocycles. The highest BCUT2D eigenvalue weighted by molar-refractivity contribution is 6.25. The fraction of sp³-hybridized carbons (Fsp3) is 0. The van der Waals surface area contributed by atoms with E-state index in [0.717, 1.165) is 16.2 Å². The molecule has 0 spiro atoms. The van der Waals surface area contributed by atoms with Gasteiger partial charge in [0.1, 0.15) is 11.2 Å². The minimum absolute atomic E-state index is 0.180. The Bertz CT molecular complexity index is 2500. The van der Waals surface area contributed by atoms with E-state index in [0.29, 0.717) is 38.8 Å². The second-order valence-corrected chi connectivity index (χ2v) is 9.09. The van der Waals surface area contributed by atoms with Crippen LogP contribution in [0.5, 0.6) is 0 Å². The highest BCUT2D eigenvalue weighted by Gasteiger charge is 2.20. The fourth-order valence-corrected chi connectivity index (χ4v) is 5.51. The minimum atomic E-state index is -0.428. The Morgan fingerprint density at radius 2 is 1.11 bits per heavy atom. The molecule has 0 amide bonds. The van der Waals surface area contributed by atoms with Gasteiger partial charge in [0.05, 0.1) is 11.0 Å². The second-order valence-electron chi connectivity index (χ2n) is 9.09. The van der Waals surface area contributed by atoms with E-state index in [9.17, 15) is 5.48 Å². The molecular formula is C36H22O. The lowest BCUT2D eigenvalue weighted by molar-refractivity contribution is 0.669. The summed E-state index contributed by atoms with van der Waals surface area (Å²) < 4.78 is 77.7. The first-order chi connectivity index (χ1) is 21.7. The molecule has 0 fully saturated rings. The summed E-state index contributed by atoms with van der Waals surface area (Å²) in [7, 11) is 0. The minimum Gasteiger partial charge on any atom is -0.456 e. The van der Waals surface area contributed by atoms with E-state index in [1.165, 1.54) is 0 Å². The maximum atomic E-state index is 9.23. The van der Waals surface area contributed by atoms with Crippen LogP contribution in [-0.4, -0.2) is 0 Å². The predicted molar refractivity (Wildman–Crippen MR) is 157 cm³/mol. The summed E-state index contributed by atoms with van der Waals surface area (Å²) >= 11 is 0. The van der Waals surface area contributed by atoms with Crippen molar-refractivity contribution in [3.05, 3.63) is 133 Å². The van der Waals surface area contributed by atoms with Crippen molar-refractivity contribution < 1.29 is 15.4 Å². The van der Waals surface area contributed by atoms with Crippen LogP contribution in [0.25, 0.3) is 76.5 Å². The highest BCUT2D eigenvalue weighted by Crippen LogP contribution is 2.46. The Morgan fingerprint density at radius 3 is 1.86 bits per heavy atom. The molecule has 8 rings (SSSR count). The van der Waals surface area contributed by atoms with Crippen LogP contribution < -0.4 is 0 Å². The first-order valence-corrected chi connectivity index (χ1v) is 12.0. The lowest BCUT2D eigenvalue weighted by Gasteiger charge is -2.18. The van der Waals surface area contributed by atoms with Crippen LogP contribution in [-0.2, 0) is 0 Å². The number of hydrogen-bond donors (Lipinski definition) is 0. The molecule has 0 radical (unpaired) electrons. The van der Waals surface area contributed by atoms with Gasteiger partial charge in [0, 0.05) is 10.8 Å². The standard InChI is InChI=1S/C36H22O/c1-2-11-24-22-25(21-20-23(24)10-1)34-26-12-3-5-14-28(26)35(29-15-6-4-13-27(29)34)31-17-9-19-33-36(31)30-16-7-8-18-32(30)37-33/h1-22H/i3D,4D,5D,6D,12D,13D,14D,15D. The number of hydrogen-bond acceptors (Lipinski definition) is 1. The summed E-state index contributed by atoms with van der Waals surface area (Å²) in [6.45, 7) is 0. The van der Waals surface area contributed by atoms with Crippen molar-refractivity contribution in [2.24, 2.45) is 0 Å². The molecule has 1 aromatic heterocycles. The fourth-order valence-electron chi connectivity index (χ4n) is 5.51. The number of furan rings is 1. The van der Waals surface area contributed by atoms with E-state index in [1.54, 1.807) is 6.07 Å². The first kappa shape index (κ1) is 14.0. The zero-order valence-electron chi connectivity index (χ0n) is 27.5. The van der Waals surface area contributed by atoms with Crippen LogP contribution in [0.3, 0.4) is 0 Å². The number of fused-ring (bicyclic) bond motifs is 6. The molecule has 0 N–H and O–H groups in total. The Morgan fingerprint density at radius 1 is 0.486 bits per heavy atom. The zero-order valence-corrected chi connectivity index (χ0v) is 19.5. The van der Waals surface area contributed by atoms with Gasteiger partial charge in [-0.1, -0.05) is 115 Å². The van der Waals surface area contributed by atoms with Crippen molar-refractivity contribution in [2.75, 3.05) is 0 Å². The maximum Gasteiger partial charge on any atom is 0.136 e. The molecule has 7 aromatic carbocycles. The van der Waals surface area contributed by atoms with Gasteiger partial charge in [-0.05, 0) is 72.8 Å². The third-order valence-corrected chi connectivity index (χ3v) is 7.09. The summed E-state index contributed by atoms with van der Waals surface area (Å²) in [6.07, 6.45) is 0. The Hall–Kier alpha value is -4.88. The summed E-state index contributed by atoms with van der Waals surface area (Å²) in [5.74, 6) is 0. The van der Waals surface area contributed by atoms with Gasteiger partial charge in [-0.3, -0.25) is 0 Å². The van der Waals surface area contributed by atoms with Crippen molar-refractivity contribution in [1.29, 1.82) is 0 Å². The zero-order chi connectivity index (χ0) is 31.3. The summed E-state index contributed by atoms with van der Waals surface area (Å²) in [6, 6.07) is 23.4. The van der Waals surface area contributed by atoms with E-state index in [2.05, 4.69) is 0 Å². The average Bonchev–Trinajstić information content (AvgIpc) is 3.45. The van der Waals surface area contributed by atoms with Crippen LogP contribution >= 0.6 is 0 Å². The predicted octanol–water partition coefficient (Wildman–Crippen LogP) is 10.4. The molecule has 172 valence electrons. The molecule has 0 unspecified atom stereocenters. The maximum absolute atomic E-state index is 9.23. The summed E-state index contributed by atoms with van der Waals surface area (Å²) in [5.41, 5.74) is 2.95. The van der Waals surface area contributed by atoms with E-state index in [1.807, 2.05) is 78.9 Å². The summed E-state index contributed by atoms with van der Waals surface area (Å²) in [4.78, 5) is 0. The van der Waals surface area contributed by atoms with Crippen LogP contribution in [0.4, 0.5) is 0 Å². The Balaban J connectivity index is 1.72. The largest absolute Gasteiger partial charge is 0.456 e. The van der Waals surface area contributed by atoms with Crippen LogP contribution in [0, 0.1) is 0 Å². The monoisotopic (exact) mass is 478 g/mol. The van der Waals surface area contributed by atoms with Gasteiger partial charge in [-0.15, -0.1) is 0 Å². The van der Waals surface area contributed by atoms with Crippen LogP contribution in [0.2, 0.25) is 0 Å². The third-order valence-electron chi connectivity index (χ3n) is 7.09. The molecule has 1 heteroatoms. The quantitative estimate of drug-likeness (QED) is 0.225. The lowest BCUT2D eigenvalue weighted by atomic mass is 9.84. The smallest absolute Gasteiger partial charge is 0.136 e. The molecule has 1 nitrogen and oxygen atoms in total. The van der Waals surface area contributed by atoms with E-state index >= 15 is 0 Å². The van der Waals surface area contributed by atoms with Gasteiger partial charge in [0.25, 0.3) is 0 Å². The first-order valence-electron chi connectivity index (χ1n) is 16.0. The second kappa shape index (κ2) is 7.81. The molecule has 0 atom stereocenters. The number of rotatable bonds is 2. The van der Waals surface area contributed by atoms with Crippen molar-refractivity contribution in [1.82, 2.24) is 0 Å². The molecule has 37 heavy (non-hydrogen) atoms. The molecule has 0 saturated carbocycles. The summed E-state index contributed by atoms with van der Waals surface area (Å²) in [5, 5.41) is 4.06. The van der Waals surface area contributed by atoms with Crippen LogP contribution in [0.15, 0.2) is 138 Å². The lowest BCUT2D eigenvalue weighted by Crippen LogP contribution is -1.91. The molecule has 8 aromatic rings. The van der Waals surface area contributed by atoms with Crippen molar-refractivity contribution in [2.45, 2.75) is 0 Å². The molecule has 1 heterocycles. The Labute approximate surface area is 225 Å². The van der Waals surface area contributed by atoms with Gasteiger partial charge >= 0.3 is 0 Å². The average molecular weight is 479 g/mol. The van der Waals surface area contributed by atoms with Crippen molar-refractivity contribution >= 4 is 54.3 Å². The van der Waals surface area contributed by atoms with Gasteiger partial charge < -0.3 is 4.42 Å². The van der Waals surface area contributed by atoms with Crippen LogP contribution in [0.1, 0.15) is 11.0 Å². The normalized spacial score (nSPS) is 14.8. The van der Waals surface area contributed by atoms with Gasteiger partial charge in [-0.25, -0.2) is 0 Å². The van der Waals surface area contributed by atoms with E-state index < -0.39 is 24.2 Å². The van der Waals surface area contributed by atoms with Crippen molar-refractivity contribution in [3.8, 4) is 22.3 Å². The van der Waals surface area contributed by atoms with E-state index in [4.69, 9.17) is 9.90 Å². The van der Waals surface area contributed by atoms with Gasteiger partial charge in [0.15, 0.2) is 0 Å². The van der Waals surface area contributed by atoms with Crippen molar-refractivity contribution in [3.63, 3.8) is 0 Å². The highest BCUT2D eigenvalue weighted by atomic mass is 16.3. The molecule has 0 aliphatic carbocycles. The van der Waals surface area contributed by atoms with E-state index in [-0.39, 0.29) is 45.7 Å². The molecule has 0 aliphatic rings. The topological polar surface area (TPSA) is 13.1 Å². The number of benzene rings is 7. The third kappa shape index (κ3) is 2.98. The molecule has 0 aliphatic heterocycles. The van der Waals surface area contributed by atoms with Gasteiger partial charge in [-0.2, -0.15) is 0 Å². The van der Waals surface area contributed by atoms with Gasteiger partial charge in [0.2, 0.25) is 0 Å².